The molecule has 0 aliphatic carbocycles. The number of nitrogens with zero attached hydrogens (tertiary/aromatic N) is 5. The zero-order valence-electron chi connectivity index (χ0n) is 28.0. The van der Waals surface area contributed by atoms with Gasteiger partial charge in [-0.2, -0.15) is 0 Å². The van der Waals surface area contributed by atoms with Crippen molar-refractivity contribution in [3.8, 4) is 34.1 Å². The Morgan fingerprint density at radius 2 is 1.23 bits per heavy atom. The fourth-order valence-corrected chi connectivity index (χ4v) is 5.24. The Balaban J connectivity index is 1.18. The topological polar surface area (TPSA) is 98.3 Å². The quantitative estimate of drug-likeness (QED) is 0.0922. The number of aliphatic hydroxyl groups excluding tert-OH is 1. The van der Waals surface area contributed by atoms with Crippen molar-refractivity contribution in [3.63, 3.8) is 0 Å². The van der Waals surface area contributed by atoms with Gasteiger partial charge in [-0.3, -0.25) is 4.99 Å². The number of ether oxygens (including phenoxy) is 2. The average molecular weight is 643 g/mol. The molecular weight excluding hydrogens is 602 g/mol. The molecule has 244 valence electrons. The van der Waals surface area contributed by atoms with Gasteiger partial charge >= 0.3 is 11.7 Å². The van der Waals surface area contributed by atoms with Gasteiger partial charge in [0, 0.05) is 5.92 Å². The second-order valence-electron chi connectivity index (χ2n) is 11.6. The predicted molar refractivity (Wildman–Crippen MR) is 188 cm³/mol. The van der Waals surface area contributed by atoms with E-state index in [-0.39, 0.29) is 17.7 Å². The highest BCUT2D eigenvalue weighted by molar-refractivity contribution is 6.36. The molecule has 0 spiro atoms. The molecule has 1 heterocycles. The van der Waals surface area contributed by atoms with Crippen LogP contribution in [-0.4, -0.2) is 38.8 Å². The molecular formula is C39H40N5O4+. The van der Waals surface area contributed by atoms with E-state index in [1.54, 1.807) is 45.5 Å². The summed E-state index contributed by atoms with van der Waals surface area (Å²) in [5, 5.41) is 23.3. The summed E-state index contributed by atoms with van der Waals surface area (Å²) in [5.41, 5.74) is 3.89. The SMILES string of the molecule is C/C=C\[N+](C)=C(C([O-])=Nc1ccc(Oc2ccc(-c3ccc(Oc4ccc(N=C(O)c5n(C)cc[n+]5C)cc4)cc3)cc2)cc1)C(C)C. The van der Waals surface area contributed by atoms with Crippen LogP contribution in [0.15, 0.2) is 132 Å². The molecule has 48 heavy (non-hydrogen) atoms. The lowest BCUT2D eigenvalue weighted by Gasteiger charge is -2.14. The first kappa shape index (κ1) is 33.4. The number of aryl methyl sites for hydroxylation is 2. The summed E-state index contributed by atoms with van der Waals surface area (Å²) in [6.07, 6.45) is 7.45. The number of aromatic nitrogens is 2. The average Bonchev–Trinajstić information content (AvgIpc) is 3.41. The molecule has 0 aliphatic heterocycles. The van der Waals surface area contributed by atoms with Crippen LogP contribution in [0, 0.1) is 5.92 Å². The second-order valence-corrected chi connectivity index (χ2v) is 11.6. The Labute approximate surface area is 281 Å². The number of hydrogen-bond donors (Lipinski definition) is 1. The lowest BCUT2D eigenvalue weighted by molar-refractivity contribution is -0.672. The van der Waals surface area contributed by atoms with Gasteiger partial charge in [-0.15, -0.1) is 0 Å². The summed E-state index contributed by atoms with van der Waals surface area (Å²) in [6, 6.07) is 30.1. The standard InChI is InChI=1S/C39H39N5O4/c1-7-24-42(4)36(27(2)3)37(45)40-30-12-20-34(21-13-30)47-32-16-8-28(9-17-32)29-10-18-33(19-11-29)48-35-22-14-31(15-23-35)41-38(46)39-43(5)25-26-44(39)6/h7-27H,1-6H3/p+1/b24-7-,42-36?. The molecule has 0 saturated heterocycles. The van der Waals surface area contributed by atoms with Crippen LogP contribution in [0.2, 0.25) is 0 Å². The van der Waals surface area contributed by atoms with Crippen LogP contribution >= 0.6 is 0 Å². The van der Waals surface area contributed by atoms with E-state index in [1.807, 2.05) is 132 Å². The summed E-state index contributed by atoms with van der Waals surface area (Å²) >= 11 is 0. The van der Waals surface area contributed by atoms with Crippen LogP contribution in [0.1, 0.15) is 26.6 Å². The summed E-state index contributed by atoms with van der Waals surface area (Å²) in [6.45, 7) is 5.87. The summed E-state index contributed by atoms with van der Waals surface area (Å²) in [5.74, 6) is 3.03. The van der Waals surface area contributed by atoms with E-state index in [9.17, 15) is 10.2 Å². The highest BCUT2D eigenvalue weighted by Gasteiger charge is 2.18. The fraction of sp³-hybridized carbons (Fsp3) is 0.179. The van der Waals surface area contributed by atoms with Crippen molar-refractivity contribution in [2.45, 2.75) is 20.8 Å². The van der Waals surface area contributed by atoms with Gasteiger partial charge in [0.15, 0.2) is 11.9 Å². The third kappa shape index (κ3) is 8.24. The second kappa shape index (κ2) is 15.1. The maximum absolute atomic E-state index is 12.9. The molecule has 0 aliphatic rings. The Hall–Kier alpha value is -5.96. The van der Waals surface area contributed by atoms with Crippen LogP contribution in [0.25, 0.3) is 11.1 Å². The summed E-state index contributed by atoms with van der Waals surface area (Å²) < 4.78 is 17.5. The minimum absolute atomic E-state index is 0.0376. The van der Waals surface area contributed by atoms with Gasteiger partial charge < -0.3 is 19.7 Å². The molecule has 0 saturated carbocycles. The first-order chi connectivity index (χ1) is 23.1. The number of imidazole rings is 1. The Kier molecular flexibility index (Phi) is 10.5. The zero-order chi connectivity index (χ0) is 34.2. The van der Waals surface area contributed by atoms with Crippen molar-refractivity contribution >= 4 is 28.9 Å². The number of rotatable bonds is 11. The highest BCUT2D eigenvalue weighted by Crippen LogP contribution is 2.30. The van der Waals surface area contributed by atoms with Crippen molar-refractivity contribution in [1.29, 1.82) is 0 Å². The molecule has 9 nitrogen and oxygen atoms in total. The van der Waals surface area contributed by atoms with Gasteiger partial charge in [-0.1, -0.05) is 38.1 Å². The lowest BCUT2D eigenvalue weighted by atomic mass is 10.1. The molecule has 0 atom stereocenters. The Morgan fingerprint density at radius 3 is 1.62 bits per heavy atom. The van der Waals surface area contributed by atoms with E-state index in [1.165, 1.54) is 0 Å². The van der Waals surface area contributed by atoms with Crippen molar-refractivity contribution in [2.75, 3.05) is 7.05 Å². The molecule has 0 bridgehead atoms. The molecule has 4 aromatic carbocycles. The number of allylic oxidation sites excluding steroid dienone is 1. The molecule has 5 rings (SSSR count). The first-order valence-corrected chi connectivity index (χ1v) is 15.6. The fourth-order valence-electron chi connectivity index (χ4n) is 5.24. The molecule has 1 N–H and O–H groups in total. The molecule has 0 amide bonds. The molecule has 0 fully saturated rings. The van der Waals surface area contributed by atoms with Crippen LogP contribution < -0.4 is 19.1 Å². The smallest absolute Gasteiger partial charge is 0.344 e. The molecule has 5 aromatic rings. The maximum atomic E-state index is 12.9. The predicted octanol–water partition coefficient (Wildman–Crippen LogP) is 7.40. The van der Waals surface area contributed by atoms with Crippen molar-refractivity contribution in [1.82, 2.24) is 4.57 Å². The minimum Gasteiger partial charge on any atom is -0.854 e. The largest absolute Gasteiger partial charge is 0.854 e. The molecule has 0 radical (unpaired) electrons. The normalized spacial score (nSPS) is 12.8. The van der Waals surface area contributed by atoms with Crippen LogP contribution in [0.5, 0.6) is 23.0 Å². The number of aliphatic hydroxyl groups is 1. The van der Waals surface area contributed by atoms with Crippen LogP contribution in [-0.2, 0) is 14.1 Å². The lowest BCUT2D eigenvalue weighted by Crippen LogP contribution is -2.36. The van der Waals surface area contributed by atoms with E-state index in [0.29, 0.717) is 45.9 Å². The van der Waals surface area contributed by atoms with Gasteiger partial charge in [0.1, 0.15) is 42.4 Å². The van der Waals surface area contributed by atoms with Crippen LogP contribution in [0.3, 0.4) is 0 Å². The molecule has 9 heteroatoms. The monoisotopic (exact) mass is 642 g/mol. The van der Waals surface area contributed by atoms with Gasteiger partial charge in [-0.05, 0) is 96.9 Å². The van der Waals surface area contributed by atoms with Gasteiger partial charge in [0.25, 0.3) is 0 Å². The highest BCUT2D eigenvalue weighted by atomic mass is 16.5. The van der Waals surface area contributed by atoms with Crippen molar-refractivity contribution in [2.24, 2.45) is 30.0 Å². The Morgan fingerprint density at radius 1 is 0.792 bits per heavy atom. The minimum atomic E-state index is -0.259. The van der Waals surface area contributed by atoms with E-state index >= 15 is 0 Å². The molecule has 0 unspecified atom stereocenters. The number of benzene rings is 4. The van der Waals surface area contributed by atoms with E-state index in [4.69, 9.17) is 9.47 Å². The van der Waals surface area contributed by atoms with E-state index in [0.717, 1.165) is 11.1 Å². The molecule has 1 aromatic heterocycles. The van der Waals surface area contributed by atoms with E-state index in [2.05, 4.69) is 9.98 Å². The van der Waals surface area contributed by atoms with Crippen molar-refractivity contribution in [3.05, 3.63) is 128 Å². The summed E-state index contributed by atoms with van der Waals surface area (Å²) in [7, 11) is 5.56. The first-order valence-electron chi connectivity index (χ1n) is 15.6. The Bertz CT molecular complexity index is 1950. The van der Waals surface area contributed by atoms with Gasteiger partial charge in [0.2, 0.25) is 0 Å². The third-order valence-electron chi connectivity index (χ3n) is 7.55. The number of hydrogen-bond acceptors (Lipinski definition) is 5. The maximum Gasteiger partial charge on any atom is 0.344 e. The van der Waals surface area contributed by atoms with Crippen molar-refractivity contribution < 1.29 is 28.8 Å². The van der Waals surface area contributed by atoms with E-state index < -0.39 is 0 Å². The van der Waals surface area contributed by atoms with Crippen LogP contribution in [0.4, 0.5) is 11.4 Å². The van der Waals surface area contributed by atoms with Gasteiger partial charge in [-0.25, -0.2) is 18.7 Å². The third-order valence-corrected chi connectivity index (χ3v) is 7.55. The van der Waals surface area contributed by atoms with Gasteiger partial charge in [0.05, 0.1) is 31.4 Å². The zero-order valence-corrected chi connectivity index (χ0v) is 28.0. The summed E-state index contributed by atoms with van der Waals surface area (Å²) in [4.78, 5) is 8.63. The number of aliphatic imine (C=N–C) groups is 2.